The predicted octanol–water partition coefficient (Wildman–Crippen LogP) is 11.8. The highest BCUT2D eigenvalue weighted by Crippen LogP contribution is 2.52. The fourth-order valence-electron chi connectivity index (χ4n) is 7.40. The van der Waals surface area contributed by atoms with Gasteiger partial charge in [-0.15, -0.1) is 22.7 Å². The average molecular weight is 665 g/mol. The lowest BCUT2D eigenvalue weighted by molar-refractivity contribution is 0.661. The lowest BCUT2D eigenvalue weighted by atomic mass is 9.81. The van der Waals surface area contributed by atoms with E-state index in [1.54, 1.807) is 11.3 Å². The van der Waals surface area contributed by atoms with Crippen LogP contribution >= 0.6 is 22.7 Å². The van der Waals surface area contributed by atoms with Crippen molar-refractivity contribution in [3.8, 4) is 56.4 Å². The van der Waals surface area contributed by atoms with Crippen LogP contribution in [0.3, 0.4) is 0 Å². The number of thiazole rings is 1. The quantitative estimate of drug-likeness (QED) is 0.188. The molecule has 0 spiro atoms. The second kappa shape index (κ2) is 10.7. The number of thiophene rings is 1. The van der Waals surface area contributed by atoms with Gasteiger partial charge in [-0.1, -0.05) is 117 Å². The normalized spacial score (nSPS) is 13.3. The molecule has 0 amide bonds. The van der Waals surface area contributed by atoms with Crippen molar-refractivity contribution in [2.24, 2.45) is 0 Å². The minimum absolute atomic E-state index is 0.105. The molecule has 3 aromatic heterocycles. The number of fused-ring (bicyclic) bond motifs is 7. The summed E-state index contributed by atoms with van der Waals surface area (Å²) in [4.78, 5) is 19.7. The molecule has 6 aromatic carbocycles. The van der Waals surface area contributed by atoms with Crippen LogP contribution in [0, 0.1) is 0 Å². The van der Waals surface area contributed by atoms with Crippen molar-refractivity contribution in [2.45, 2.75) is 19.3 Å². The highest BCUT2D eigenvalue weighted by atomic mass is 32.1. The number of benzene rings is 6. The van der Waals surface area contributed by atoms with Crippen molar-refractivity contribution in [2.75, 3.05) is 0 Å². The van der Waals surface area contributed by atoms with Gasteiger partial charge >= 0.3 is 0 Å². The monoisotopic (exact) mass is 664 g/mol. The Labute approximate surface area is 291 Å². The molecule has 0 unspecified atom stereocenters. The molecule has 0 bridgehead atoms. The lowest BCUT2D eigenvalue weighted by Gasteiger charge is -2.22. The van der Waals surface area contributed by atoms with Gasteiger partial charge in [-0.3, -0.25) is 0 Å². The van der Waals surface area contributed by atoms with Crippen molar-refractivity contribution < 1.29 is 0 Å². The molecule has 232 valence electrons. The van der Waals surface area contributed by atoms with Gasteiger partial charge in [0.2, 0.25) is 0 Å². The number of hydrogen-bond acceptors (Lipinski definition) is 6. The van der Waals surface area contributed by atoms with E-state index in [1.165, 1.54) is 58.3 Å². The van der Waals surface area contributed by atoms with Crippen molar-refractivity contribution in [1.82, 2.24) is 19.9 Å². The third-order valence-corrected chi connectivity index (χ3v) is 12.0. The highest BCUT2D eigenvalue weighted by molar-refractivity contribution is 7.26. The van der Waals surface area contributed by atoms with Crippen molar-refractivity contribution >= 4 is 53.1 Å². The van der Waals surface area contributed by atoms with E-state index < -0.39 is 0 Å². The first kappa shape index (κ1) is 28.5. The van der Waals surface area contributed by atoms with Gasteiger partial charge in [0, 0.05) is 42.3 Å². The Morgan fingerprint density at radius 2 is 1.10 bits per heavy atom. The van der Waals surface area contributed by atoms with E-state index in [-0.39, 0.29) is 5.41 Å². The van der Waals surface area contributed by atoms with E-state index in [9.17, 15) is 0 Å². The molecule has 3 heterocycles. The molecular weight excluding hydrogens is 637 g/mol. The molecular formula is C43H28N4S2. The zero-order chi connectivity index (χ0) is 32.7. The summed E-state index contributed by atoms with van der Waals surface area (Å²) in [5, 5.41) is 2.46. The van der Waals surface area contributed by atoms with Gasteiger partial charge < -0.3 is 0 Å². The Bertz CT molecular complexity index is 2690. The molecule has 0 saturated heterocycles. The van der Waals surface area contributed by atoms with Gasteiger partial charge in [0.05, 0.1) is 15.7 Å². The van der Waals surface area contributed by atoms with Gasteiger partial charge in [0.1, 0.15) is 0 Å². The maximum absolute atomic E-state index is 5.07. The second-order valence-electron chi connectivity index (χ2n) is 13.1. The Balaban J connectivity index is 1.15. The summed E-state index contributed by atoms with van der Waals surface area (Å²) < 4.78 is 3.69. The molecule has 0 N–H and O–H groups in total. The molecule has 0 atom stereocenters. The van der Waals surface area contributed by atoms with E-state index in [1.807, 2.05) is 53.2 Å². The molecule has 6 heteroatoms. The molecule has 1 aliphatic carbocycles. The van der Waals surface area contributed by atoms with E-state index in [2.05, 4.69) is 110 Å². The van der Waals surface area contributed by atoms with Gasteiger partial charge in [0.25, 0.3) is 0 Å². The third-order valence-electron chi connectivity index (χ3n) is 9.90. The maximum Gasteiger partial charge on any atom is 0.165 e. The lowest BCUT2D eigenvalue weighted by Crippen LogP contribution is -2.15. The first-order valence-corrected chi connectivity index (χ1v) is 18.1. The van der Waals surface area contributed by atoms with Crippen molar-refractivity contribution in [3.63, 3.8) is 0 Å². The molecule has 4 nitrogen and oxygen atoms in total. The molecule has 0 saturated carbocycles. The highest BCUT2D eigenvalue weighted by Gasteiger charge is 2.36. The molecule has 9 aromatic rings. The summed E-state index contributed by atoms with van der Waals surface area (Å²) in [6.45, 7) is 4.70. The van der Waals surface area contributed by atoms with Crippen LogP contribution in [0.15, 0.2) is 133 Å². The van der Waals surface area contributed by atoms with Crippen LogP contribution in [0.2, 0.25) is 0 Å². The van der Waals surface area contributed by atoms with Crippen LogP contribution in [-0.2, 0) is 5.41 Å². The van der Waals surface area contributed by atoms with E-state index in [0.717, 1.165) is 22.2 Å². The van der Waals surface area contributed by atoms with Crippen LogP contribution in [0.25, 0.3) is 86.8 Å². The van der Waals surface area contributed by atoms with Crippen LogP contribution in [0.4, 0.5) is 0 Å². The van der Waals surface area contributed by atoms with Crippen molar-refractivity contribution in [1.29, 1.82) is 0 Å². The molecule has 0 radical (unpaired) electrons. The SMILES string of the molecule is CC1(C)c2cc(-c3cccc4c3sc3c(-c5nc(-c6ccccc6)nc(-c6ccccc6)n5)cccc34)ccc2-c2cc3ncsc3cc21. The van der Waals surface area contributed by atoms with Gasteiger partial charge in [-0.2, -0.15) is 0 Å². The minimum Gasteiger partial charge on any atom is -0.245 e. The van der Waals surface area contributed by atoms with Crippen molar-refractivity contribution in [3.05, 3.63) is 144 Å². The molecule has 49 heavy (non-hydrogen) atoms. The summed E-state index contributed by atoms with van der Waals surface area (Å²) in [7, 11) is 0. The average Bonchev–Trinajstić information content (AvgIpc) is 3.84. The third kappa shape index (κ3) is 4.41. The summed E-state index contributed by atoms with van der Waals surface area (Å²) in [6.07, 6.45) is 0. The Hall–Kier alpha value is -5.56. The van der Waals surface area contributed by atoms with Crippen LogP contribution in [0.5, 0.6) is 0 Å². The van der Waals surface area contributed by atoms with Gasteiger partial charge in [-0.05, 0) is 57.6 Å². The summed E-state index contributed by atoms with van der Waals surface area (Å²) in [6, 6.07) is 45.2. The van der Waals surface area contributed by atoms with Crippen LogP contribution in [-0.4, -0.2) is 19.9 Å². The molecule has 1 aliphatic rings. The predicted molar refractivity (Wildman–Crippen MR) is 205 cm³/mol. The Kier molecular flexibility index (Phi) is 6.23. The minimum atomic E-state index is -0.105. The number of rotatable bonds is 4. The summed E-state index contributed by atoms with van der Waals surface area (Å²) >= 11 is 3.54. The topological polar surface area (TPSA) is 51.6 Å². The Morgan fingerprint density at radius 1 is 0.490 bits per heavy atom. The molecule has 10 rings (SSSR count). The number of nitrogens with zero attached hydrogens (tertiary/aromatic N) is 4. The zero-order valence-electron chi connectivity index (χ0n) is 26.8. The largest absolute Gasteiger partial charge is 0.245 e. The van der Waals surface area contributed by atoms with E-state index in [4.69, 9.17) is 15.0 Å². The molecule has 0 fully saturated rings. The van der Waals surface area contributed by atoms with Gasteiger partial charge in [0.15, 0.2) is 17.5 Å². The van der Waals surface area contributed by atoms with E-state index in [0.29, 0.717) is 17.5 Å². The van der Waals surface area contributed by atoms with E-state index >= 15 is 0 Å². The standard InChI is InChI=1S/C43H28N4S2/c1-43(2)34-21-27(19-20-29(34)33-22-36-37(23-35(33)43)48-24-44-36)28-15-9-16-30-31-17-10-18-32(39(31)49-38(28)30)42-46-40(25-11-5-3-6-12-25)45-41(47-42)26-13-7-4-8-14-26/h3-24H,1-2H3. The second-order valence-corrected chi connectivity index (χ2v) is 15.0. The smallest absolute Gasteiger partial charge is 0.165 e. The van der Waals surface area contributed by atoms with Crippen LogP contribution < -0.4 is 0 Å². The fourth-order valence-corrected chi connectivity index (χ4v) is 9.45. The fraction of sp³-hybridized carbons (Fsp3) is 0.0698. The number of hydrogen-bond donors (Lipinski definition) is 0. The number of aromatic nitrogens is 4. The Morgan fingerprint density at radius 3 is 1.80 bits per heavy atom. The zero-order valence-corrected chi connectivity index (χ0v) is 28.4. The first-order valence-electron chi connectivity index (χ1n) is 16.4. The summed E-state index contributed by atoms with van der Waals surface area (Å²) in [5.41, 5.74) is 13.7. The molecule has 0 aliphatic heterocycles. The first-order chi connectivity index (χ1) is 24.0. The summed E-state index contributed by atoms with van der Waals surface area (Å²) in [5.74, 6) is 2.01. The van der Waals surface area contributed by atoms with Crippen LogP contribution in [0.1, 0.15) is 25.0 Å². The maximum atomic E-state index is 5.07. The van der Waals surface area contributed by atoms with Gasteiger partial charge in [-0.25, -0.2) is 19.9 Å².